The van der Waals surface area contributed by atoms with Crippen LogP contribution in [0.15, 0.2) is 59.5 Å². The standard InChI is InChI=1S/C18H21FN2O3S2/c1-25-12-11-17(21-26(23,24)15-8-3-2-4-9-15)18(22)20-13-14-7-5-6-10-16(14)19/h2-10,17,21H,11-13H2,1H3,(H,20,22). The molecule has 2 aromatic carbocycles. The number of rotatable bonds is 9. The van der Waals surface area contributed by atoms with Crippen LogP contribution < -0.4 is 10.0 Å². The first-order valence-corrected chi connectivity index (χ1v) is 10.9. The fraction of sp³-hybridized carbons (Fsp3) is 0.278. The van der Waals surface area contributed by atoms with Crippen LogP contribution in [0.25, 0.3) is 0 Å². The number of sulfonamides is 1. The summed E-state index contributed by atoms with van der Waals surface area (Å²) >= 11 is 1.51. The first-order chi connectivity index (χ1) is 12.4. The molecule has 0 fully saturated rings. The van der Waals surface area contributed by atoms with Gasteiger partial charge in [-0.3, -0.25) is 4.79 Å². The fourth-order valence-electron chi connectivity index (χ4n) is 2.28. The summed E-state index contributed by atoms with van der Waals surface area (Å²) in [7, 11) is -3.82. The molecule has 2 aromatic rings. The highest BCUT2D eigenvalue weighted by Crippen LogP contribution is 2.11. The Morgan fingerprint density at radius 3 is 2.42 bits per heavy atom. The van der Waals surface area contributed by atoms with Crippen molar-refractivity contribution in [3.05, 3.63) is 66.0 Å². The zero-order valence-corrected chi connectivity index (χ0v) is 15.9. The lowest BCUT2D eigenvalue weighted by Gasteiger charge is -2.18. The Balaban J connectivity index is 2.08. The average molecular weight is 397 g/mol. The molecule has 0 saturated carbocycles. The van der Waals surface area contributed by atoms with Crippen LogP contribution in [-0.4, -0.2) is 32.4 Å². The Labute approximate surface area is 157 Å². The van der Waals surface area contributed by atoms with Gasteiger partial charge in [-0.05, 0) is 36.6 Å². The summed E-state index contributed by atoms with van der Waals surface area (Å²) in [5.74, 6) is -0.296. The van der Waals surface area contributed by atoms with Crippen molar-refractivity contribution in [1.82, 2.24) is 10.0 Å². The molecule has 0 radical (unpaired) electrons. The molecule has 5 nitrogen and oxygen atoms in total. The van der Waals surface area contributed by atoms with Crippen molar-refractivity contribution in [2.45, 2.75) is 23.9 Å². The molecule has 0 heterocycles. The highest BCUT2D eigenvalue weighted by Gasteiger charge is 2.25. The smallest absolute Gasteiger partial charge is 0.241 e. The van der Waals surface area contributed by atoms with E-state index in [-0.39, 0.29) is 11.4 Å². The van der Waals surface area contributed by atoms with Crippen molar-refractivity contribution in [3.8, 4) is 0 Å². The number of carbonyl (C=O) groups is 1. The van der Waals surface area contributed by atoms with Gasteiger partial charge in [-0.1, -0.05) is 36.4 Å². The van der Waals surface area contributed by atoms with E-state index in [2.05, 4.69) is 10.0 Å². The molecule has 1 unspecified atom stereocenters. The van der Waals surface area contributed by atoms with E-state index in [9.17, 15) is 17.6 Å². The molecular formula is C18H21FN2O3S2. The summed E-state index contributed by atoms with van der Waals surface area (Å²) < 4.78 is 41.1. The highest BCUT2D eigenvalue weighted by molar-refractivity contribution is 7.98. The number of halogens is 1. The predicted molar refractivity (Wildman–Crippen MR) is 102 cm³/mol. The number of hydrogen-bond acceptors (Lipinski definition) is 4. The van der Waals surface area contributed by atoms with Crippen molar-refractivity contribution < 1.29 is 17.6 Å². The Hall–Kier alpha value is -1.90. The molecular weight excluding hydrogens is 375 g/mol. The number of carbonyl (C=O) groups excluding carboxylic acids is 1. The van der Waals surface area contributed by atoms with Gasteiger partial charge in [0.25, 0.3) is 0 Å². The lowest BCUT2D eigenvalue weighted by molar-refractivity contribution is -0.122. The molecule has 1 amide bonds. The third-order valence-corrected chi connectivity index (χ3v) is 5.82. The molecule has 0 aliphatic heterocycles. The van der Waals surface area contributed by atoms with Crippen LogP contribution in [0.3, 0.4) is 0 Å². The molecule has 2 N–H and O–H groups in total. The van der Waals surface area contributed by atoms with Gasteiger partial charge < -0.3 is 5.32 Å². The maximum absolute atomic E-state index is 13.7. The number of benzene rings is 2. The van der Waals surface area contributed by atoms with Crippen LogP contribution >= 0.6 is 11.8 Å². The van der Waals surface area contributed by atoms with Gasteiger partial charge in [0.05, 0.1) is 4.90 Å². The van der Waals surface area contributed by atoms with Gasteiger partial charge in [0, 0.05) is 12.1 Å². The van der Waals surface area contributed by atoms with Gasteiger partial charge in [-0.25, -0.2) is 12.8 Å². The highest BCUT2D eigenvalue weighted by atomic mass is 32.2. The van der Waals surface area contributed by atoms with Crippen LogP contribution in [-0.2, 0) is 21.4 Å². The van der Waals surface area contributed by atoms with Gasteiger partial charge in [-0.2, -0.15) is 16.5 Å². The Bertz CT molecular complexity index is 829. The van der Waals surface area contributed by atoms with E-state index in [1.807, 2.05) is 6.26 Å². The summed E-state index contributed by atoms with van der Waals surface area (Å²) in [6, 6.07) is 13.1. The van der Waals surface area contributed by atoms with E-state index < -0.39 is 27.8 Å². The second-order valence-electron chi connectivity index (χ2n) is 5.58. The number of amides is 1. The summed E-state index contributed by atoms with van der Waals surface area (Å²) in [6.07, 6.45) is 2.20. The summed E-state index contributed by atoms with van der Waals surface area (Å²) in [5, 5.41) is 2.61. The summed E-state index contributed by atoms with van der Waals surface area (Å²) in [6.45, 7) is -0.00562. The molecule has 1 atom stereocenters. The van der Waals surface area contributed by atoms with Gasteiger partial charge in [-0.15, -0.1) is 0 Å². The van der Waals surface area contributed by atoms with Crippen LogP contribution in [0.2, 0.25) is 0 Å². The third-order valence-electron chi connectivity index (χ3n) is 3.69. The van der Waals surface area contributed by atoms with Gasteiger partial charge in [0.2, 0.25) is 15.9 Å². The maximum Gasteiger partial charge on any atom is 0.241 e. The number of hydrogen-bond donors (Lipinski definition) is 2. The van der Waals surface area contributed by atoms with Crippen molar-refractivity contribution >= 4 is 27.7 Å². The van der Waals surface area contributed by atoms with E-state index in [0.29, 0.717) is 17.7 Å². The largest absolute Gasteiger partial charge is 0.351 e. The van der Waals surface area contributed by atoms with Crippen LogP contribution in [0, 0.1) is 5.82 Å². The number of thioether (sulfide) groups is 1. The molecule has 0 aliphatic carbocycles. The molecule has 140 valence electrons. The molecule has 0 spiro atoms. The normalized spacial score (nSPS) is 12.5. The van der Waals surface area contributed by atoms with E-state index in [1.54, 1.807) is 36.4 Å². The van der Waals surface area contributed by atoms with E-state index in [4.69, 9.17) is 0 Å². The van der Waals surface area contributed by atoms with E-state index in [0.717, 1.165) is 0 Å². The second kappa shape index (κ2) is 9.70. The molecule has 8 heteroatoms. The van der Waals surface area contributed by atoms with Crippen LogP contribution in [0.5, 0.6) is 0 Å². The van der Waals surface area contributed by atoms with Crippen LogP contribution in [0.1, 0.15) is 12.0 Å². The minimum atomic E-state index is -3.82. The average Bonchev–Trinajstić information content (AvgIpc) is 2.65. The zero-order valence-electron chi connectivity index (χ0n) is 14.3. The monoisotopic (exact) mass is 396 g/mol. The summed E-state index contributed by atoms with van der Waals surface area (Å²) in [5.41, 5.74) is 0.343. The van der Waals surface area contributed by atoms with Crippen LogP contribution in [0.4, 0.5) is 4.39 Å². The van der Waals surface area contributed by atoms with Gasteiger partial charge >= 0.3 is 0 Å². The quantitative estimate of drug-likeness (QED) is 0.683. The molecule has 0 saturated heterocycles. The molecule has 26 heavy (non-hydrogen) atoms. The predicted octanol–water partition coefficient (Wildman–Crippen LogP) is 2.54. The number of nitrogens with one attached hydrogen (secondary N) is 2. The Kier molecular flexibility index (Phi) is 7.62. The van der Waals surface area contributed by atoms with Crippen molar-refractivity contribution in [2.75, 3.05) is 12.0 Å². The van der Waals surface area contributed by atoms with Gasteiger partial charge in [0.1, 0.15) is 11.9 Å². The Morgan fingerprint density at radius 1 is 1.12 bits per heavy atom. The molecule has 2 rings (SSSR count). The first kappa shape index (κ1) is 20.4. The molecule has 0 aliphatic rings. The fourth-order valence-corrected chi connectivity index (χ4v) is 4.00. The second-order valence-corrected chi connectivity index (χ2v) is 8.28. The first-order valence-electron chi connectivity index (χ1n) is 8.01. The lowest BCUT2D eigenvalue weighted by atomic mass is 10.2. The topological polar surface area (TPSA) is 75.3 Å². The Morgan fingerprint density at radius 2 is 1.77 bits per heavy atom. The summed E-state index contributed by atoms with van der Waals surface area (Å²) in [4.78, 5) is 12.6. The van der Waals surface area contributed by atoms with E-state index >= 15 is 0 Å². The SMILES string of the molecule is CSCCC(NS(=O)(=O)c1ccccc1)C(=O)NCc1ccccc1F. The lowest BCUT2D eigenvalue weighted by Crippen LogP contribution is -2.46. The molecule has 0 bridgehead atoms. The van der Waals surface area contributed by atoms with Crippen molar-refractivity contribution in [2.24, 2.45) is 0 Å². The zero-order chi connectivity index (χ0) is 19.0. The van der Waals surface area contributed by atoms with E-state index in [1.165, 1.54) is 30.0 Å². The minimum Gasteiger partial charge on any atom is -0.351 e. The minimum absolute atomic E-state index is 0.00562. The van der Waals surface area contributed by atoms with Crippen molar-refractivity contribution in [1.29, 1.82) is 0 Å². The molecule has 0 aromatic heterocycles. The van der Waals surface area contributed by atoms with Crippen molar-refractivity contribution in [3.63, 3.8) is 0 Å². The maximum atomic E-state index is 13.7. The third kappa shape index (κ3) is 5.82. The van der Waals surface area contributed by atoms with Gasteiger partial charge in [0.15, 0.2) is 0 Å².